The monoisotopic (exact) mass is 423 g/mol. The number of fused-ring (bicyclic) bond motifs is 1. The smallest absolute Gasteiger partial charge is 0.210 e. The number of anilines is 1. The first-order chi connectivity index (χ1) is 12.9. The number of halogens is 2. The number of hydrogen-bond acceptors (Lipinski definition) is 4. The van der Waals surface area contributed by atoms with E-state index in [1.165, 1.54) is 6.20 Å². The van der Waals surface area contributed by atoms with E-state index in [2.05, 4.69) is 21.8 Å². The first kappa shape index (κ1) is 18.6. The molecule has 1 N–H and O–H groups in total. The van der Waals surface area contributed by atoms with Crippen LogP contribution in [0, 0.1) is 0 Å². The van der Waals surface area contributed by atoms with Gasteiger partial charge in [0.05, 0.1) is 20.5 Å². The highest BCUT2D eigenvalue weighted by Crippen LogP contribution is 2.38. The summed E-state index contributed by atoms with van der Waals surface area (Å²) in [4.78, 5) is 7.71. The Bertz CT molecular complexity index is 1100. The quantitative estimate of drug-likeness (QED) is 0.689. The van der Waals surface area contributed by atoms with E-state index in [1.807, 2.05) is 0 Å². The molecule has 5 nitrogen and oxygen atoms in total. The molecule has 1 aliphatic heterocycles. The molecule has 1 saturated heterocycles. The van der Waals surface area contributed by atoms with Crippen molar-refractivity contribution in [2.24, 2.45) is 0 Å². The summed E-state index contributed by atoms with van der Waals surface area (Å²) in [7, 11) is -1.73. The maximum absolute atomic E-state index is 13.5. The molecule has 1 aliphatic rings. The molecule has 1 aromatic heterocycles. The van der Waals surface area contributed by atoms with Crippen LogP contribution in [0.25, 0.3) is 10.9 Å². The van der Waals surface area contributed by atoms with Crippen molar-refractivity contribution in [1.82, 2.24) is 9.88 Å². The molecule has 0 saturated carbocycles. The van der Waals surface area contributed by atoms with Gasteiger partial charge in [-0.3, -0.25) is 0 Å². The molecule has 27 heavy (non-hydrogen) atoms. The third kappa shape index (κ3) is 3.31. The average molecular weight is 424 g/mol. The van der Waals surface area contributed by atoms with E-state index in [1.54, 1.807) is 36.4 Å². The molecular weight excluding hydrogens is 405 g/mol. The van der Waals surface area contributed by atoms with E-state index in [-0.39, 0.29) is 9.79 Å². The van der Waals surface area contributed by atoms with Gasteiger partial charge in [-0.1, -0.05) is 29.3 Å². The van der Waals surface area contributed by atoms with Crippen LogP contribution in [0.1, 0.15) is 0 Å². The Morgan fingerprint density at radius 2 is 1.74 bits per heavy atom. The minimum absolute atomic E-state index is 0.206. The van der Waals surface area contributed by atoms with E-state index >= 15 is 0 Å². The van der Waals surface area contributed by atoms with Crippen molar-refractivity contribution in [1.29, 1.82) is 0 Å². The number of H-pyrrole nitrogens is 1. The minimum atomic E-state index is -3.78. The fourth-order valence-corrected chi connectivity index (χ4v) is 5.64. The fraction of sp³-hybridized carbons (Fsp3) is 0.263. The van der Waals surface area contributed by atoms with Crippen LogP contribution in [0.5, 0.6) is 0 Å². The first-order valence-corrected chi connectivity index (χ1v) is 10.9. The fourth-order valence-electron chi connectivity index (χ4n) is 3.46. The van der Waals surface area contributed by atoms with Crippen molar-refractivity contribution in [3.63, 3.8) is 0 Å². The lowest BCUT2D eigenvalue weighted by molar-refractivity contribution is 0.312. The molecule has 2 aromatic carbocycles. The maximum atomic E-state index is 13.5. The SMILES string of the molecule is CN1CCN(c2c(Cl)cccc2S(=O)(=O)c2c[nH]c3ccc(Cl)cc23)CC1. The van der Waals surface area contributed by atoms with Gasteiger partial charge >= 0.3 is 0 Å². The van der Waals surface area contributed by atoms with Gasteiger partial charge in [0.2, 0.25) is 9.84 Å². The second kappa shape index (κ2) is 7.02. The summed E-state index contributed by atoms with van der Waals surface area (Å²) in [6, 6.07) is 10.2. The average Bonchev–Trinajstić information content (AvgIpc) is 3.06. The highest BCUT2D eigenvalue weighted by molar-refractivity contribution is 7.92. The second-order valence-electron chi connectivity index (χ2n) is 6.72. The first-order valence-electron chi connectivity index (χ1n) is 8.61. The lowest BCUT2D eigenvalue weighted by atomic mass is 10.2. The van der Waals surface area contributed by atoms with E-state index in [0.29, 0.717) is 21.1 Å². The predicted octanol–water partition coefficient (Wildman–Crippen LogP) is 4.06. The third-order valence-corrected chi connectivity index (χ3v) is 7.32. The van der Waals surface area contributed by atoms with Crippen LogP contribution >= 0.6 is 23.2 Å². The Labute approximate surface area is 168 Å². The number of nitrogens with one attached hydrogen (secondary N) is 1. The largest absolute Gasteiger partial charge is 0.367 e. The predicted molar refractivity (Wildman–Crippen MR) is 110 cm³/mol. The van der Waals surface area contributed by atoms with Crippen molar-refractivity contribution in [3.8, 4) is 0 Å². The topological polar surface area (TPSA) is 56.4 Å². The summed E-state index contributed by atoms with van der Waals surface area (Å²) >= 11 is 12.6. The molecule has 4 rings (SSSR count). The molecule has 0 atom stereocenters. The molecule has 0 spiro atoms. The molecule has 2 heterocycles. The van der Waals surface area contributed by atoms with Gasteiger partial charge in [0.15, 0.2) is 0 Å². The zero-order chi connectivity index (χ0) is 19.2. The van der Waals surface area contributed by atoms with Crippen molar-refractivity contribution in [2.45, 2.75) is 9.79 Å². The number of hydrogen-bond donors (Lipinski definition) is 1. The maximum Gasteiger partial charge on any atom is 0.210 e. The number of rotatable bonds is 3. The Morgan fingerprint density at radius 1 is 1.00 bits per heavy atom. The standard InChI is InChI=1S/C19H19Cl2N3O2S/c1-23-7-9-24(10-8-23)19-15(21)3-2-4-17(19)27(25,26)18-12-22-16-6-5-13(20)11-14(16)18/h2-6,11-12,22H,7-10H2,1H3. The Hall–Kier alpha value is -1.73. The van der Waals surface area contributed by atoms with Crippen molar-refractivity contribution < 1.29 is 8.42 Å². The van der Waals surface area contributed by atoms with Crippen LogP contribution in [0.3, 0.4) is 0 Å². The highest BCUT2D eigenvalue weighted by atomic mass is 35.5. The van der Waals surface area contributed by atoms with E-state index in [9.17, 15) is 8.42 Å². The molecule has 3 aromatic rings. The van der Waals surface area contributed by atoms with Crippen molar-refractivity contribution in [3.05, 3.63) is 52.6 Å². The summed E-state index contributed by atoms with van der Waals surface area (Å²) in [5.74, 6) is 0. The summed E-state index contributed by atoms with van der Waals surface area (Å²) in [5.41, 5.74) is 1.30. The Kier molecular flexibility index (Phi) is 4.84. The number of benzene rings is 2. The number of aromatic nitrogens is 1. The lowest BCUT2D eigenvalue weighted by Crippen LogP contribution is -2.45. The normalized spacial score (nSPS) is 16.2. The number of piperazine rings is 1. The molecule has 0 bridgehead atoms. The molecule has 8 heteroatoms. The lowest BCUT2D eigenvalue weighted by Gasteiger charge is -2.35. The van der Waals surface area contributed by atoms with Crippen molar-refractivity contribution in [2.75, 3.05) is 38.1 Å². The molecule has 0 amide bonds. The van der Waals surface area contributed by atoms with Gasteiger partial charge in [-0.25, -0.2) is 8.42 Å². The zero-order valence-corrected chi connectivity index (χ0v) is 17.1. The summed E-state index contributed by atoms with van der Waals surface area (Å²) in [5, 5.41) is 1.51. The molecule has 0 unspecified atom stereocenters. The van der Waals surface area contributed by atoms with E-state index in [4.69, 9.17) is 23.2 Å². The van der Waals surface area contributed by atoms with Crippen LogP contribution in [0.2, 0.25) is 10.0 Å². The van der Waals surface area contributed by atoms with Gasteiger partial charge in [0.25, 0.3) is 0 Å². The molecule has 0 aliphatic carbocycles. The van der Waals surface area contributed by atoms with Crippen LogP contribution in [-0.4, -0.2) is 51.5 Å². The number of para-hydroxylation sites is 1. The minimum Gasteiger partial charge on any atom is -0.367 e. The molecule has 142 valence electrons. The van der Waals surface area contributed by atoms with Gasteiger partial charge in [0.1, 0.15) is 0 Å². The third-order valence-electron chi connectivity index (χ3n) is 4.95. The van der Waals surface area contributed by atoms with Crippen LogP contribution in [-0.2, 0) is 9.84 Å². The highest BCUT2D eigenvalue weighted by Gasteiger charge is 2.29. The van der Waals surface area contributed by atoms with Gasteiger partial charge in [-0.15, -0.1) is 0 Å². The summed E-state index contributed by atoms with van der Waals surface area (Å²) < 4.78 is 27.1. The Morgan fingerprint density at radius 3 is 2.48 bits per heavy atom. The van der Waals surface area contributed by atoms with Gasteiger partial charge in [-0.2, -0.15) is 0 Å². The summed E-state index contributed by atoms with van der Waals surface area (Å²) in [6.07, 6.45) is 1.52. The van der Waals surface area contributed by atoms with Gasteiger partial charge < -0.3 is 14.8 Å². The van der Waals surface area contributed by atoms with Crippen LogP contribution < -0.4 is 4.90 Å². The number of aromatic amines is 1. The summed E-state index contributed by atoms with van der Waals surface area (Å²) in [6.45, 7) is 3.16. The van der Waals surface area contributed by atoms with E-state index in [0.717, 1.165) is 31.7 Å². The molecule has 1 fully saturated rings. The number of likely N-dealkylation sites (N-methyl/N-ethyl adjacent to an activating group) is 1. The van der Waals surface area contributed by atoms with Crippen LogP contribution in [0.15, 0.2) is 52.4 Å². The molecule has 0 radical (unpaired) electrons. The Balaban J connectivity index is 1.87. The van der Waals surface area contributed by atoms with Gasteiger partial charge in [-0.05, 0) is 37.4 Å². The molecular formula is C19H19Cl2N3O2S. The van der Waals surface area contributed by atoms with E-state index < -0.39 is 9.84 Å². The number of sulfone groups is 1. The van der Waals surface area contributed by atoms with Crippen molar-refractivity contribution >= 4 is 49.6 Å². The second-order valence-corrected chi connectivity index (χ2v) is 9.45. The van der Waals surface area contributed by atoms with Gasteiger partial charge in [0, 0.05) is 48.3 Å². The number of nitrogens with zero attached hydrogens (tertiary/aromatic N) is 2. The zero-order valence-electron chi connectivity index (χ0n) is 14.7. The van der Waals surface area contributed by atoms with Crippen LogP contribution in [0.4, 0.5) is 5.69 Å².